The van der Waals surface area contributed by atoms with Crippen LogP contribution in [-0.4, -0.2) is 59.6 Å². The van der Waals surface area contributed by atoms with Gasteiger partial charge in [0.1, 0.15) is 6.04 Å². The van der Waals surface area contributed by atoms with E-state index >= 15 is 0 Å². The van der Waals surface area contributed by atoms with Crippen molar-refractivity contribution in [1.82, 2.24) is 15.1 Å². The molecule has 228 valence electrons. The molecule has 4 aromatic rings. The number of hydrogen-bond acceptors (Lipinski definition) is 6. The van der Waals surface area contributed by atoms with Crippen LogP contribution in [0.1, 0.15) is 74.3 Å². The molecule has 2 saturated heterocycles. The monoisotopic (exact) mass is 625 g/mol. The van der Waals surface area contributed by atoms with Crippen LogP contribution < -0.4 is 5.32 Å². The molecule has 2 aromatic heterocycles. The number of ketones is 1. The van der Waals surface area contributed by atoms with Gasteiger partial charge in [0.25, 0.3) is 5.91 Å². The predicted molar refractivity (Wildman–Crippen MR) is 178 cm³/mol. The second kappa shape index (κ2) is 12.4. The Kier molecular flexibility index (Phi) is 8.59. The van der Waals surface area contributed by atoms with Crippen LogP contribution in [0.5, 0.6) is 0 Å². The minimum absolute atomic E-state index is 0.0239. The molecule has 2 aliphatic rings. The van der Waals surface area contributed by atoms with E-state index < -0.39 is 23.9 Å². The molecule has 2 fully saturated rings. The predicted octanol–water partition coefficient (Wildman–Crippen LogP) is 6.70. The van der Waals surface area contributed by atoms with Crippen molar-refractivity contribution in [3.05, 3.63) is 116 Å². The summed E-state index contributed by atoms with van der Waals surface area (Å²) in [5.74, 6) is -1.52. The summed E-state index contributed by atoms with van der Waals surface area (Å²) in [5.41, 5.74) is 3.56. The number of nitrogens with one attached hydrogen (secondary N) is 1. The number of carbonyl (C=O) groups excluding carboxylic acids is 3. The average Bonchev–Trinajstić information content (AvgIpc) is 3.80. The quantitative estimate of drug-likeness (QED) is 0.242. The maximum Gasteiger partial charge on any atom is 0.255 e. The second-order valence-corrected chi connectivity index (χ2v) is 14.7. The third-order valence-electron chi connectivity index (χ3n) is 9.00. The number of carbonyl (C=O) groups is 3. The van der Waals surface area contributed by atoms with Crippen molar-refractivity contribution in [3.8, 4) is 0 Å². The normalized spacial score (nSPS) is 22.3. The molecule has 2 aliphatic heterocycles. The van der Waals surface area contributed by atoms with Gasteiger partial charge in [-0.05, 0) is 64.1 Å². The van der Waals surface area contributed by atoms with Gasteiger partial charge in [-0.2, -0.15) is 0 Å². The molecular formula is C36H39N3O3S2. The SMILES string of the molecule is Cc1ccsc1C1C(C(=O)c2cccs2)C(c2ccc(C(C)(C)C)cc2)C(C(=O)N2CCNCC2)N1C(=O)c1ccccc1. The first-order valence-corrected chi connectivity index (χ1v) is 17.0. The summed E-state index contributed by atoms with van der Waals surface area (Å²) in [7, 11) is 0. The number of thiophene rings is 2. The van der Waals surface area contributed by atoms with E-state index in [1.165, 1.54) is 16.9 Å². The summed E-state index contributed by atoms with van der Waals surface area (Å²) in [6, 6.07) is 21.9. The lowest BCUT2D eigenvalue weighted by Crippen LogP contribution is -2.54. The minimum atomic E-state index is -0.846. The molecule has 0 aliphatic carbocycles. The fourth-order valence-corrected chi connectivity index (χ4v) is 8.49. The van der Waals surface area contributed by atoms with Crippen LogP contribution in [0.3, 0.4) is 0 Å². The van der Waals surface area contributed by atoms with Crippen LogP contribution in [0.15, 0.2) is 83.6 Å². The van der Waals surface area contributed by atoms with Gasteiger partial charge in [0, 0.05) is 42.5 Å². The molecule has 2 aromatic carbocycles. The number of hydrogen-bond donors (Lipinski definition) is 1. The Morgan fingerprint density at radius 1 is 0.841 bits per heavy atom. The van der Waals surface area contributed by atoms with Crippen LogP contribution in [0.4, 0.5) is 0 Å². The van der Waals surface area contributed by atoms with E-state index in [4.69, 9.17) is 0 Å². The largest absolute Gasteiger partial charge is 0.338 e. The van der Waals surface area contributed by atoms with E-state index in [1.54, 1.807) is 28.4 Å². The molecule has 4 unspecified atom stereocenters. The van der Waals surface area contributed by atoms with Crippen molar-refractivity contribution in [3.63, 3.8) is 0 Å². The van der Waals surface area contributed by atoms with Crippen molar-refractivity contribution < 1.29 is 14.4 Å². The Bertz CT molecular complexity index is 1620. The summed E-state index contributed by atoms with van der Waals surface area (Å²) >= 11 is 2.97. The molecule has 8 heteroatoms. The van der Waals surface area contributed by atoms with Gasteiger partial charge in [-0.15, -0.1) is 22.7 Å². The summed E-state index contributed by atoms with van der Waals surface area (Å²) in [5, 5.41) is 7.27. The summed E-state index contributed by atoms with van der Waals surface area (Å²) < 4.78 is 0. The smallest absolute Gasteiger partial charge is 0.255 e. The molecule has 1 N–H and O–H groups in total. The van der Waals surface area contributed by atoms with Gasteiger partial charge in [-0.3, -0.25) is 14.4 Å². The number of benzene rings is 2. The fourth-order valence-electron chi connectivity index (χ4n) is 6.70. The standard InChI is InChI=1S/C36H39N3O3S2/c1-23-16-22-44-33(23)30-29(32(40)27-11-8-21-43-27)28(24-12-14-26(15-13-24)36(2,3)4)31(35(42)38-19-17-37-18-20-38)39(30)34(41)25-9-6-5-7-10-25/h5-16,21-22,28-31,37H,17-20H2,1-4H3. The minimum Gasteiger partial charge on any atom is -0.338 e. The number of piperazine rings is 1. The first kappa shape index (κ1) is 30.4. The molecule has 44 heavy (non-hydrogen) atoms. The zero-order chi connectivity index (χ0) is 31.0. The summed E-state index contributed by atoms with van der Waals surface area (Å²) in [6.07, 6.45) is 0. The number of rotatable bonds is 6. The third kappa shape index (κ3) is 5.67. The summed E-state index contributed by atoms with van der Waals surface area (Å²) in [6.45, 7) is 11.1. The molecule has 2 amide bonds. The van der Waals surface area contributed by atoms with Gasteiger partial charge in [0.15, 0.2) is 5.78 Å². The lowest BCUT2D eigenvalue weighted by Gasteiger charge is -2.36. The molecule has 0 bridgehead atoms. The highest BCUT2D eigenvalue weighted by Gasteiger charge is 2.59. The van der Waals surface area contributed by atoms with E-state index in [-0.39, 0.29) is 23.0 Å². The zero-order valence-electron chi connectivity index (χ0n) is 25.7. The van der Waals surface area contributed by atoms with E-state index in [9.17, 15) is 14.4 Å². The van der Waals surface area contributed by atoms with Gasteiger partial charge < -0.3 is 15.1 Å². The topological polar surface area (TPSA) is 69.7 Å². The average molecular weight is 626 g/mol. The Hall–Kier alpha value is -3.59. The zero-order valence-corrected chi connectivity index (χ0v) is 27.3. The van der Waals surface area contributed by atoms with Gasteiger partial charge in [-0.1, -0.05) is 69.3 Å². The van der Waals surface area contributed by atoms with E-state index in [1.807, 2.05) is 59.0 Å². The van der Waals surface area contributed by atoms with Crippen LogP contribution in [0.2, 0.25) is 0 Å². The molecule has 4 heterocycles. The molecule has 0 saturated carbocycles. The first-order valence-electron chi connectivity index (χ1n) is 15.3. The fraction of sp³-hybridized carbons (Fsp3) is 0.361. The van der Waals surface area contributed by atoms with E-state index in [0.717, 1.165) is 16.0 Å². The Morgan fingerprint density at radius 2 is 1.55 bits per heavy atom. The van der Waals surface area contributed by atoms with Crippen molar-refractivity contribution >= 4 is 40.3 Å². The van der Waals surface area contributed by atoms with E-state index in [2.05, 4.69) is 50.4 Å². The maximum atomic E-state index is 14.8. The number of nitrogens with zero attached hydrogens (tertiary/aromatic N) is 2. The second-order valence-electron chi connectivity index (χ2n) is 12.8. The number of likely N-dealkylation sites (tertiary alicyclic amines) is 1. The highest BCUT2D eigenvalue weighted by Crippen LogP contribution is 2.54. The van der Waals surface area contributed by atoms with E-state index in [0.29, 0.717) is 36.6 Å². The molecule has 6 nitrogen and oxygen atoms in total. The van der Waals surface area contributed by atoms with Crippen molar-refractivity contribution in [2.45, 2.75) is 51.1 Å². The van der Waals surface area contributed by atoms with Gasteiger partial charge in [0.2, 0.25) is 5.91 Å². The molecule has 0 radical (unpaired) electrons. The number of Topliss-reactive ketones (excluding diaryl/α,β-unsaturated/α-hetero) is 1. The highest BCUT2D eigenvalue weighted by atomic mass is 32.1. The van der Waals surface area contributed by atoms with Crippen LogP contribution >= 0.6 is 22.7 Å². The molecule has 6 rings (SSSR count). The van der Waals surface area contributed by atoms with Gasteiger partial charge >= 0.3 is 0 Å². The Labute approximate surface area is 267 Å². The molecule has 0 spiro atoms. The van der Waals surface area contributed by atoms with Gasteiger partial charge in [-0.25, -0.2) is 0 Å². The maximum absolute atomic E-state index is 14.8. The van der Waals surface area contributed by atoms with Gasteiger partial charge in [0.05, 0.1) is 16.8 Å². The Morgan fingerprint density at radius 3 is 2.14 bits per heavy atom. The number of aryl methyl sites for hydroxylation is 1. The first-order chi connectivity index (χ1) is 21.2. The number of amides is 2. The van der Waals surface area contributed by atoms with Crippen molar-refractivity contribution in [1.29, 1.82) is 0 Å². The van der Waals surface area contributed by atoms with Crippen LogP contribution in [0.25, 0.3) is 0 Å². The third-order valence-corrected chi connectivity index (χ3v) is 11.0. The molecule has 4 atom stereocenters. The molecular weight excluding hydrogens is 587 g/mol. The lowest BCUT2D eigenvalue weighted by molar-refractivity contribution is -0.136. The Balaban J connectivity index is 1.60. The van der Waals surface area contributed by atoms with Crippen LogP contribution in [-0.2, 0) is 10.2 Å². The van der Waals surface area contributed by atoms with Crippen molar-refractivity contribution in [2.75, 3.05) is 26.2 Å². The highest BCUT2D eigenvalue weighted by molar-refractivity contribution is 7.12. The van der Waals surface area contributed by atoms with Crippen molar-refractivity contribution in [2.24, 2.45) is 5.92 Å². The van der Waals surface area contributed by atoms with Crippen LogP contribution in [0, 0.1) is 12.8 Å². The summed E-state index contributed by atoms with van der Waals surface area (Å²) in [4.78, 5) is 49.5. The lowest BCUT2D eigenvalue weighted by atomic mass is 9.77.